The Kier molecular flexibility index (Phi) is 55.3. The van der Waals surface area contributed by atoms with E-state index in [0.717, 1.165) is 74.8 Å². The van der Waals surface area contributed by atoms with E-state index in [0.29, 0.717) is 13.0 Å². The van der Waals surface area contributed by atoms with Gasteiger partial charge >= 0.3 is 24.4 Å². The van der Waals surface area contributed by atoms with Gasteiger partial charge in [0.25, 0.3) is 0 Å². The fourth-order valence-corrected chi connectivity index (χ4v) is 8.94. The van der Waals surface area contributed by atoms with E-state index in [1.807, 2.05) is 0 Å². The zero-order chi connectivity index (χ0) is 46.1. The first kappa shape index (κ1) is 68.7. The number of unbranched alkanes of at least 4 members (excludes halogenated alkanes) is 6. The Labute approximate surface area is 434 Å². The van der Waals surface area contributed by atoms with Crippen molar-refractivity contribution in [3.05, 3.63) is 0 Å². The third-order valence-electron chi connectivity index (χ3n) is 12.9. The van der Waals surface area contributed by atoms with Crippen LogP contribution < -0.4 is 0 Å². The van der Waals surface area contributed by atoms with Gasteiger partial charge in [-0.1, -0.05) is 212 Å². The van der Waals surface area contributed by atoms with E-state index in [2.05, 4.69) is 97.8 Å². The molecule has 0 amide bonds. The van der Waals surface area contributed by atoms with Crippen molar-refractivity contribution in [3.8, 4) is 0 Å². The maximum atomic E-state index is 5.32. The van der Waals surface area contributed by atoms with E-state index in [9.17, 15) is 0 Å². The molecule has 6 unspecified atom stereocenters. The van der Waals surface area contributed by atoms with E-state index in [4.69, 9.17) is 74.5 Å². The molecule has 0 aromatic heterocycles. The first-order chi connectivity index (χ1) is 28.7. The van der Waals surface area contributed by atoms with Gasteiger partial charge in [0, 0.05) is 39.3 Å². The average Bonchev–Trinajstić information content (AvgIpc) is 3.24. The van der Waals surface area contributed by atoms with E-state index in [1.54, 1.807) is 0 Å². The third-order valence-corrected chi connectivity index (χ3v) is 14.5. The topological polar surface area (TPSA) is 9.72 Å². The van der Waals surface area contributed by atoms with Gasteiger partial charge in [0.15, 0.2) is 0 Å². The van der Waals surface area contributed by atoms with Gasteiger partial charge in [0.1, 0.15) is 0 Å². The molecule has 0 aromatic rings. The molecule has 10 heteroatoms. The standard InChI is InChI=1S/3C17H35NS2.Sb/c3*1-5-9-11-15(7-3)13-18(17(19)20)14-16(8-4)12-10-6-2;/h3*15-16H,5-14H2,1-4H3,(H,19,20);/q;;;+3/p-3. The summed E-state index contributed by atoms with van der Waals surface area (Å²) >= 11 is 31.9. The van der Waals surface area contributed by atoms with Crippen LogP contribution in [-0.2, 0) is 37.9 Å². The molecule has 362 valence electrons. The number of hydrogen-bond donors (Lipinski definition) is 0. The Morgan fingerprint density at radius 1 is 0.311 bits per heavy atom. The molecule has 0 aliphatic heterocycles. The van der Waals surface area contributed by atoms with Crippen LogP contribution in [0.5, 0.6) is 0 Å². The number of hydrogen-bond acceptors (Lipinski definition) is 6. The molecule has 6 atom stereocenters. The zero-order valence-corrected chi connectivity index (χ0v) is 49.9. The predicted molar refractivity (Wildman–Crippen MR) is 300 cm³/mol. The average molecular weight is 1070 g/mol. The summed E-state index contributed by atoms with van der Waals surface area (Å²) in [5, 5.41) is 0. The molecule has 0 saturated heterocycles. The van der Waals surface area contributed by atoms with Crippen molar-refractivity contribution < 1.29 is 0 Å². The van der Waals surface area contributed by atoms with Crippen molar-refractivity contribution in [2.45, 2.75) is 237 Å². The SMILES string of the molecule is CCCCC(CC)CN(CC(CC)CCCC)C(=S)[S-].CCCCC(CC)CN(CC(CC)CCCC)C(=S)[S-].CCCCC(CC)CN(CC(CC)CCCC)C(=S)[S-].[Sb+3]. The molecular formula is C51H102N3S6Sb. The summed E-state index contributed by atoms with van der Waals surface area (Å²) in [5.74, 6) is 4.50. The summed E-state index contributed by atoms with van der Waals surface area (Å²) in [6, 6.07) is 0. The normalized spacial score (nSPS) is 13.8. The maximum absolute atomic E-state index is 5.32. The second kappa shape index (κ2) is 49.1. The van der Waals surface area contributed by atoms with Gasteiger partial charge in [0.2, 0.25) is 0 Å². The zero-order valence-electron chi connectivity index (χ0n) is 42.4. The van der Waals surface area contributed by atoms with Gasteiger partial charge in [-0.3, -0.25) is 0 Å². The minimum Gasteiger partial charge on any atom is -0.411 e. The van der Waals surface area contributed by atoms with Crippen LogP contribution in [0, 0.1) is 35.5 Å². The smallest absolute Gasteiger partial charge is 0.411 e. The molecule has 0 fully saturated rings. The summed E-state index contributed by atoms with van der Waals surface area (Å²) in [6.45, 7) is 33.8. The molecule has 0 N–H and O–H groups in total. The van der Waals surface area contributed by atoms with Crippen molar-refractivity contribution in [1.82, 2.24) is 14.7 Å². The van der Waals surface area contributed by atoms with Crippen LogP contribution in [0.25, 0.3) is 0 Å². The number of thiocarbonyl (C=S) groups is 3. The third kappa shape index (κ3) is 40.0. The van der Waals surface area contributed by atoms with Crippen LogP contribution in [0.3, 0.4) is 0 Å². The second-order valence-corrected chi connectivity index (χ2v) is 21.1. The molecule has 0 aromatic carbocycles. The number of rotatable bonds is 36. The van der Waals surface area contributed by atoms with Crippen LogP contribution in [0.1, 0.15) is 237 Å². The molecular weight excluding hydrogens is 969 g/mol. The van der Waals surface area contributed by atoms with Crippen molar-refractivity contribution in [2.75, 3.05) is 39.3 Å². The minimum absolute atomic E-state index is 0. The second-order valence-electron chi connectivity index (χ2n) is 18.0. The molecule has 0 spiro atoms. The van der Waals surface area contributed by atoms with Gasteiger partial charge < -0.3 is 89.2 Å². The summed E-state index contributed by atoms with van der Waals surface area (Å²) in [5.41, 5.74) is 0. The van der Waals surface area contributed by atoms with Gasteiger partial charge in [-0.2, -0.15) is 0 Å². The molecule has 2 radical (unpaired) electrons. The summed E-state index contributed by atoms with van der Waals surface area (Å²) < 4.78 is 2.03. The largest absolute Gasteiger partial charge is 3.00 e. The van der Waals surface area contributed by atoms with E-state index in [-0.39, 0.29) is 24.4 Å². The Balaban J connectivity index is -0.000000396. The van der Waals surface area contributed by atoms with Crippen LogP contribution >= 0.6 is 36.7 Å². The molecule has 3 nitrogen and oxygen atoms in total. The van der Waals surface area contributed by atoms with Crippen LogP contribution in [0.4, 0.5) is 0 Å². The van der Waals surface area contributed by atoms with Crippen molar-refractivity contribution in [3.63, 3.8) is 0 Å². The Morgan fingerprint density at radius 3 is 0.525 bits per heavy atom. The molecule has 0 saturated carbocycles. The quantitative estimate of drug-likeness (QED) is 0.0342. The Hall–Kier alpha value is 1.15. The molecule has 0 rings (SSSR count). The van der Waals surface area contributed by atoms with E-state index in [1.165, 1.54) is 154 Å². The summed E-state index contributed by atoms with van der Waals surface area (Å²) in [4.78, 5) is 6.91. The van der Waals surface area contributed by atoms with Gasteiger partial charge in [-0.15, -0.1) is 0 Å². The maximum Gasteiger partial charge on any atom is 3.00 e. The van der Waals surface area contributed by atoms with Gasteiger partial charge in [-0.05, 0) is 74.0 Å². The fraction of sp³-hybridized carbons (Fsp3) is 0.941. The fourth-order valence-electron chi connectivity index (χ4n) is 8.04. The van der Waals surface area contributed by atoms with Crippen molar-refractivity contribution >= 4 is 112 Å². The number of nitrogens with zero attached hydrogens (tertiary/aromatic N) is 3. The molecule has 0 heterocycles. The van der Waals surface area contributed by atoms with Crippen LogP contribution in [-0.4, -0.2) is 91.4 Å². The predicted octanol–water partition coefficient (Wildman–Crippen LogP) is 16.3. The molecule has 0 aliphatic carbocycles. The van der Waals surface area contributed by atoms with Crippen molar-refractivity contribution in [2.24, 2.45) is 35.5 Å². The van der Waals surface area contributed by atoms with Crippen molar-refractivity contribution in [1.29, 1.82) is 0 Å². The molecule has 61 heavy (non-hydrogen) atoms. The first-order valence-electron chi connectivity index (χ1n) is 25.6. The van der Waals surface area contributed by atoms with Gasteiger partial charge in [0.05, 0.1) is 0 Å². The summed E-state index contributed by atoms with van der Waals surface area (Å²) in [6.07, 6.45) is 30.9. The Bertz CT molecular complexity index is 802. The van der Waals surface area contributed by atoms with E-state index >= 15 is 0 Å². The molecule has 0 bridgehead atoms. The molecule has 0 aliphatic rings. The van der Waals surface area contributed by atoms with E-state index < -0.39 is 0 Å². The van der Waals surface area contributed by atoms with Gasteiger partial charge in [-0.25, -0.2) is 0 Å². The summed E-state index contributed by atoms with van der Waals surface area (Å²) in [7, 11) is 0. The monoisotopic (exact) mass is 1070 g/mol. The van der Waals surface area contributed by atoms with Crippen LogP contribution in [0.2, 0.25) is 0 Å². The first-order valence-corrected chi connectivity index (χ1v) is 28.1. The Morgan fingerprint density at radius 2 is 0.443 bits per heavy atom. The van der Waals surface area contributed by atoms with Crippen LogP contribution in [0.15, 0.2) is 0 Å². The minimum atomic E-state index is 0.